The average molecular weight is 516 g/mol. The fraction of sp³-hybridized carbons (Fsp3) is 0.724. The van der Waals surface area contributed by atoms with Gasteiger partial charge < -0.3 is 19.5 Å². The van der Waals surface area contributed by atoms with Crippen LogP contribution in [-0.2, 0) is 9.53 Å². The van der Waals surface area contributed by atoms with Crippen LogP contribution in [0.4, 0.5) is 0 Å². The van der Waals surface area contributed by atoms with Crippen molar-refractivity contribution in [1.29, 1.82) is 0 Å². The highest BCUT2D eigenvalue weighted by atomic mass is 35.5. The highest BCUT2D eigenvalue weighted by Gasteiger charge is 2.28. The SMILES string of the molecule is COC1CCC(CC(=O)NC2CCC(CCN3CCC(c4noc5cc(Cl)ccc45)CC3)CC2)CC1. The van der Waals surface area contributed by atoms with Crippen molar-refractivity contribution in [3.05, 3.63) is 28.9 Å². The average Bonchev–Trinajstić information content (AvgIpc) is 3.32. The zero-order valence-electron chi connectivity index (χ0n) is 21.7. The summed E-state index contributed by atoms with van der Waals surface area (Å²) in [6.45, 7) is 3.45. The van der Waals surface area contributed by atoms with E-state index in [4.69, 9.17) is 20.9 Å². The van der Waals surface area contributed by atoms with Crippen LogP contribution in [0.5, 0.6) is 0 Å². The van der Waals surface area contributed by atoms with Crippen LogP contribution in [0.1, 0.15) is 88.7 Å². The molecule has 36 heavy (non-hydrogen) atoms. The number of amides is 1. The van der Waals surface area contributed by atoms with Crippen molar-refractivity contribution in [3.63, 3.8) is 0 Å². The van der Waals surface area contributed by atoms with Crippen molar-refractivity contribution in [2.24, 2.45) is 11.8 Å². The minimum absolute atomic E-state index is 0.269. The van der Waals surface area contributed by atoms with Gasteiger partial charge in [0.1, 0.15) is 0 Å². The number of ether oxygens (including phenoxy) is 1. The molecule has 3 fully saturated rings. The van der Waals surface area contributed by atoms with Gasteiger partial charge in [-0.2, -0.15) is 0 Å². The molecule has 0 radical (unpaired) electrons. The van der Waals surface area contributed by atoms with E-state index in [2.05, 4.69) is 15.4 Å². The van der Waals surface area contributed by atoms with E-state index in [-0.39, 0.29) is 5.91 Å². The number of benzene rings is 1. The first-order valence-electron chi connectivity index (χ1n) is 14.2. The Morgan fingerprint density at radius 3 is 2.50 bits per heavy atom. The van der Waals surface area contributed by atoms with Gasteiger partial charge in [0.2, 0.25) is 5.91 Å². The summed E-state index contributed by atoms with van der Waals surface area (Å²) in [4.78, 5) is 15.2. The van der Waals surface area contributed by atoms with E-state index >= 15 is 0 Å². The van der Waals surface area contributed by atoms with Crippen LogP contribution in [0.15, 0.2) is 22.7 Å². The molecule has 1 aromatic carbocycles. The van der Waals surface area contributed by atoms with Crippen LogP contribution in [0.2, 0.25) is 5.02 Å². The summed E-state index contributed by atoms with van der Waals surface area (Å²) >= 11 is 6.09. The van der Waals surface area contributed by atoms with Crippen molar-refractivity contribution in [2.45, 2.75) is 95.1 Å². The summed E-state index contributed by atoms with van der Waals surface area (Å²) < 4.78 is 11.0. The third kappa shape index (κ3) is 6.62. The molecule has 1 saturated heterocycles. The molecule has 6 nitrogen and oxygen atoms in total. The first-order valence-corrected chi connectivity index (χ1v) is 14.5. The van der Waals surface area contributed by atoms with Crippen molar-refractivity contribution < 1.29 is 14.1 Å². The molecule has 198 valence electrons. The molecule has 2 saturated carbocycles. The van der Waals surface area contributed by atoms with Crippen LogP contribution >= 0.6 is 11.6 Å². The summed E-state index contributed by atoms with van der Waals surface area (Å²) in [7, 11) is 1.80. The van der Waals surface area contributed by atoms with Gasteiger partial charge in [-0.3, -0.25) is 4.79 Å². The minimum Gasteiger partial charge on any atom is -0.381 e. The second-order valence-electron chi connectivity index (χ2n) is 11.5. The first kappa shape index (κ1) is 26.0. The Kier molecular flexibility index (Phi) is 8.86. The van der Waals surface area contributed by atoms with Gasteiger partial charge in [-0.05, 0) is 114 Å². The molecule has 5 rings (SSSR count). The lowest BCUT2D eigenvalue weighted by Crippen LogP contribution is -2.39. The monoisotopic (exact) mass is 515 g/mol. The number of piperidine rings is 1. The number of carbonyl (C=O) groups is 1. The van der Waals surface area contributed by atoms with E-state index in [1.54, 1.807) is 7.11 Å². The molecule has 0 atom stereocenters. The molecule has 3 aliphatic rings. The maximum Gasteiger partial charge on any atom is 0.220 e. The van der Waals surface area contributed by atoms with E-state index in [0.29, 0.717) is 35.4 Å². The van der Waals surface area contributed by atoms with Gasteiger partial charge in [0.15, 0.2) is 5.58 Å². The summed E-state index contributed by atoms with van der Waals surface area (Å²) in [6.07, 6.45) is 13.9. The van der Waals surface area contributed by atoms with Crippen LogP contribution in [0.3, 0.4) is 0 Å². The maximum atomic E-state index is 12.6. The number of carbonyl (C=O) groups excluding carboxylic acids is 1. The number of rotatable bonds is 8. The number of hydrogen-bond donors (Lipinski definition) is 1. The first-order chi connectivity index (χ1) is 17.6. The summed E-state index contributed by atoms with van der Waals surface area (Å²) in [5.41, 5.74) is 1.89. The zero-order chi connectivity index (χ0) is 24.9. The molecule has 0 bridgehead atoms. The quantitative estimate of drug-likeness (QED) is 0.445. The Morgan fingerprint density at radius 2 is 1.78 bits per heavy atom. The Labute approximate surface area is 220 Å². The highest BCUT2D eigenvalue weighted by Crippen LogP contribution is 2.34. The van der Waals surface area contributed by atoms with E-state index in [0.717, 1.165) is 87.0 Å². The topological polar surface area (TPSA) is 67.6 Å². The highest BCUT2D eigenvalue weighted by molar-refractivity contribution is 6.31. The van der Waals surface area contributed by atoms with Crippen LogP contribution in [0.25, 0.3) is 11.0 Å². The third-order valence-electron chi connectivity index (χ3n) is 9.10. The van der Waals surface area contributed by atoms with E-state index in [1.165, 1.54) is 25.8 Å². The van der Waals surface area contributed by atoms with E-state index in [9.17, 15) is 4.79 Å². The van der Waals surface area contributed by atoms with Gasteiger partial charge in [0.25, 0.3) is 0 Å². The molecule has 2 heterocycles. The number of methoxy groups -OCH3 is 1. The summed E-state index contributed by atoms with van der Waals surface area (Å²) in [5, 5.41) is 9.54. The fourth-order valence-electron chi connectivity index (χ4n) is 6.74. The van der Waals surface area contributed by atoms with Gasteiger partial charge in [-0.15, -0.1) is 0 Å². The lowest BCUT2D eigenvalue weighted by atomic mass is 9.83. The molecule has 0 spiro atoms. The van der Waals surface area contributed by atoms with Crippen molar-refractivity contribution in [1.82, 2.24) is 15.4 Å². The number of fused-ring (bicyclic) bond motifs is 1. The smallest absolute Gasteiger partial charge is 0.220 e. The van der Waals surface area contributed by atoms with Crippen molar-refractivity contribution in [2.75, 3.05) is 26.7 Å². The molecule has 1 aliphatic heterocycles. The van der Waals surface area contributed by atoms with Crippen molar-refractivity contribution >= 4 is 28.5 Å². The molecule has 2 aromatic rings. The van der Waals surface area contributed by atoms with Crippen LogP contribution in [0, 0.1) is 11.8 Å². The zero-order valence-corrected chi connectivity index (χ0v) is 22.5. The van der Waals surface area contributed by atoms with Gasteiger partial charge >= 0.3 is 0 Å². The Morgan fingerprint density at radius 1 is 1.06 bits per heavy atom. The van der Waals surface area contributed by atoms with E-state index < -0.39 is 0 Å². The lowest BCUT2D eigenvalue weighted by molar-refractivity contribution is -0.123. The number of likely N-dealkylation sites (tertiary alicyclic amines) is 1. The Hall–Kier alpha value is -1.63. The molecular weight excluding hydrogens is 474 g/mol. The second-order valence-corrected chi connectivity index (χ2v) is 11.9. The Bertz CT molecular complexity index is 987. The standard InChI is InChI=1S/C29H42ClN3O3/c1-35-25-9-4-21(5-10-25)18-28(34)31-24-7-2-20(3-8-24)12-15-33-16-13-22(14-17-33)29-26-11-6-23(30)19-27(26)36-32-29/h6,11,19-22,24-25H,2-5,7-10,12-18H2,1H3,(H,31,34). The number of nitrogens with zero attached hydrogens (tertiary/aromatic N) is 2. The third-order valence-corrected chi connectivity index (χ3v) is 9.34. The molecule has 1 amide bonds. The van der Waals surface area contributed by atoms with Gasteiger partial charge in [0.05, 0.1) is 11.8 Å². The van der Waals surface area contributed by atoms with Gasteiger partial charge in [-0.25, -0.2) is 0 Å². The second kappa shape index (κ2) is 12.3. The normalized spacial score (nSPS) is 28.4. The minimum atomic E-state index is 0.269. The molecule has 1 N–H and O–H groups in total. The molecule has 1 aromatic heterocycles. The largest absolute Gasteiger partial charge is 0.381 e. The maximum absolute atomic E-state index is 12.6. The van der Waals surface area contributed by atoms with Crippen LogP contribution in [-0.4, -0.2) is 54.9 Å². The molecular formula is C29H42ClN3O3. The predicted molar refractivity (Wildman–Crippen MR) is 143 cm³/mol. The number of aromatic nitrogens is 1. The van der Waals surface area contributed by atoms with E-state index in [1.807, 2.05) is 18.2 Å². The van der Waals surface area contributed by atoms with Gasteiger partial charge in [-0.1, -0.05) is 16.8 Å². The van der Waals surface area contributed by atoms with Crippen LogP contribution < -0.4 is 5.32 Å². The van der Waals surface area contributed by atoms with Gasteiger partial charge in [0, 0.05) is 42.0 Å². The fourth-order valence-corrected chi connectivity index (χ4v) is 6.90. The summed E-state index contributed by atoms with van der Waals surface area (Å²) in [5.74, 6) is 2.07. The number of halogens is 1. The predicted octanol–water partition coefficient (Wildman–Crippen LogP) is 6.32. The number of hydrogen-bond acceptors (Lipinski definition) is 5. The molecule has 2 aliphatic carbocycles. The molecule has 7 heteroatoms. The van der Waals surface area contributed by atoms with Crippen molar-refractivity contribution in [3.8, 4) is 0 Å². The summed E-state index contributed by atoms with van der Waals surface area (Å²) in [6, 6.07) is 6.21. The lowest BCUT2D eigenvalue weighted by Gasteiger charge is -2.34. The Balaban J connectivity index is 0.973. The molecule has 0 unspecified atom stereocenters. The number of nitrogens with one attached hydrogen (secondary N) is 1.